The zero-order chi connectivity index (χ0) is 23.9. The molecule has 1 heterocycles. The first-order valence-electron chi connectivity index (χ1n) is 11.2. The lowest BCUT2D eigenvalue weighted by molar-refractivity contribution is 0.251. The highest BCUT2D eigenvalue weighted by Crippen LogP contribution is 2.35. The maximum Gasteiger partial charge on any atom is 0.319 e. The summed E-state index contributed by atoms with van der Waals surface area (Å²) in [5, 5.41) is 7.03. The van der Waals surface area contributed by atoms with Crippen LogP contribution in [0.2, 0.25) is 0 Å². The quantitative estimate of drug-likeness (QED) is 0.307. The van der Waals surface area contributed by atoms with Crippen molar-refractivity contribution in [2.24, 2.45) is 0 Å². The number of carbonyl (C=O) groups excluding carboxylic acids is 1. The number of nitrogens with one attached hydrogen (secondary N) is 3. The first-order chi connectivity index (χ1) is 16.6. The van der Waals surface area contributed by atoms with Gasteiger partial charge in [-0.3, -0.25) is 0 Å². The molecular weight excluding hydrogens is 430 g/mol. The van der Waals surface area contributed by atoms with Crippen LogP contribution in [0.5, 0.6) is 17.2 Å². The van der Waals surface area contributed by atoms with Crippen molar-refractivity contribution in [3.8, 4) is 17.2 Å². The van der Waals surface area contributed by atoms with Crippen LogP contribution in [-0.4, -0.2) is 38.4 Å². The predicted molar refractivity (Wildman–Crippen MR) is 134 cm³/mol. The highest BCUT2D eigenvalue weighted by molar-refractivity contribution is 5.91. The van der Waals surface area contributed by atoms with Crippen LogP contribution < -0.4 is 24.8 Å². The fraction of sp³-hybridized carbons (Fsp3) is 0.222. The Bertz CT molecular complexity index is 1270. The van der Waals surface area contributed by atoms with Gasteiger partial charge in [0.05, 0.1) is 26.5 Å². The summed E-state index contributed by atoms with van der Waals surface area (Å²) in [6, 6.07) is 21.0. The van der Waals surface area contributed by atoms with Gasteiger partial charge < -0.3 is 29.8 Å². The van der Waals surface area contributed by atoms with Gasteiger partial charge in [-0.1, -0.05) is 36.4 Å². The Morgan fingerprint density at radius 1 is 0.941 bits per heavy atom. The number of amides is 2. The van der Waals surface area contributed by atoms with Crippen LogP contribution in [0.1, 0.15) is 24.0 Å². The lowest BCUT2D eigenvalue weighted by Gasteiger charge is -2.20. The van der Waals surface area contributed by atoms with Crippen molar-refractivity contribution < 1.29 is 19.0 Å². The fourth-order valence-corrected chi connectivity index (χ4v) is 4.07. The molecule has 7 heteroatoms. The predicted octanol–water partition coefficient (Wildman–Crippen LogP) is 5.54. The molecule has 0 saturated carbocycles. The number of hydrogen-bond donors (Lipinski definition) is 3. The van der Waals surface area contributed by atoms with E-state index in [9.17, 15) is 4.79 Å². The largest absolute Gasteiger partial charge is 0.493 e. The number of para-hydroxylation sites is 3. The molecule has 0 aliphatic rings. The van der Waals surface area contributed by atoms with Gasteiger partial charge in [0.25, 0.3) is 0 Å². The molecule has 0 bridgehead atoms. The topological polar surface area (TPSA) is 84.6 Å². The summed E-state index contributed by atoms with van der Waals surface area (Å²) in [7, 11) is 3.23. The van der Waals surface area contributed by atoms with Crippen molar-refractivity contribution in [2.45, 2.75) is 12.8 Å². The molecule has 3 N–H and O–H groups in total. The molecule has 34 heavy (non-hydrogen) atoms. The number of urea groups is 1. The van der Waals surface area contributed by atoms with Crippen LogP contribution in [0.25, 0.3) is 10.9 Å². The summed E-state index contributed by atoms with van der Waals surface area (Å²) in [5.41, 5.74) is 3.74. The minimum Gasteiger partial charge on any atom is -0.493 e. The molecule has 4 aromatic rings. The van der Waals surface area contributed by atoms with Gasteiger partial charge in [-0.25, -0.2) is 4.79 Å². The van der Waals surface area contributed by atoms with Crippen LogP contribution in [0.3, 0.4) is 0 Å². The van der Waals surface area contributed by atoms with Crippen molar-refractivity contribution >= 4 is 22.6 Å². The van der Waals surface area contributed by atoms with E-state index in [2.05, 4.69) is 21.7 Å². The normalized spacial score (nSPS) is 11.6. The third-order valence-electron chi connectivity index (χ3n) is 5.71. The van der Waals surface area contributed by atoms with Crippen LogP contribution >= 0.6 is 0 Å². The first-order valence-corrected chi connectivity index (χ1v) is 11.2. The minimum atomic E-state index is -0.308. The Morgan fingerprint density at radius 3 is 2.50 bits per heavy atom. The highest BCUT2D eigenvalue weighted by Gasteiger charge is 2.21. The Labute approximate surface area is 199 Å². The van der Waals surface area contributed by atoms with Crippen LogP contribution in [0.4, 0.5) is 10.5 Å². The van der Waals surface area contributed by atoms with Gasteiger partial charge in [0.15, 0.2) is 11.5 Å². The molecule has 0 radical (unpaired) electrons. The zero-order valence-electron chi connectivity index (χ0n) is 19.6. The number of hydrogen-bond acceptors (Lipinski definition) is 4. The fourth-order valence-electron chi connectivity index (χ4n) is 4.07. The molecule has 2 amide bonds. The molecule has 4 rings (SSSR count). The van der Waals surface area contributed by atoms with E-state index in [0.29, 0.717) is 36.1 Å². The Hall–Kier alpha value is -4.13. The van der Waals surface area contributed by atoms with Crippen molar-refractivity contribution in [1.82, 2.24) is 10.3 Å². The SMILES string of the molecule is CCOc1ccccc1NC(=O)NC[C@H](c1ccc(OC)c(OC)c1)c1c[nH]c2ccccc12. The standard InChI is InChI=1S/C27H29N3O4/c1-4-34-24-12-8-7-11-23(24)30-27(31)29-16-20(18-13-14-25(32-2)26(15-18)33-3)21-17-28-22-10-6-5-9-19(21)22/h5-15,17,20,28H,4,16H2,1-3H3,(H2,29,30,31)/t20-/m1/s1. The molecule has 1 aromatic heterocycles. The summed E-state index contributed by atoms with van der Waals surface area (Å²) in [4.78, 5) is 16.2. The van der Waals surface area contributed by atoms with Gasteiger partial charge in [0, 0.05) is 29.6 Å². The minimum absolute atomic E-state index is 0.121. The molecule has 0 fully saturated rings. The van der Waals surface area contributed by atoms with E-state index in [0.717, 1.165) is 22.0 Å². The Balaban J connectivity index is 1.61. The van der Waals surface area contributed by atoms with Crippen molar-refractivity contribution in [3.63, 3.8) is 0 Å². The Kier molecular flexibility index (Phi) is 7.22. The molecule has 0 aliphatic heterocycles. The van der Waals surface area contributed by atoms with E-state index >= 15 is 0 Å². The van der Waals surface area contributed by atoms with Crippen LogP contribution in [-0.2, 0) is 0 Å². The van der Waals surface area contributed by atoms with Crippen molar-refractivity contribution in [2.75, 3.05) is 32.7 Å². The molecule has 0 aliphatic carbocycles. The number of anilines is 1. The number of benzene rings is 3. The van der Waals surface area contributed by atoms with E-state index in [1.807, 2.05) is 73.8 Å². The molecule has 3 aromatic carbocycles. The Morgan fingerprint density at radius 2 is 1.71 bits per heavy atom. The summed E-state index contributed by atoms with van der Waals surface area (Å²) in [5.74, 6) is 1.80. The van der Waals surface area contributed by atoms with E-state index in [-0.39, 0.29) is 11.9 Å². The molecule has 176 valence electrons. The molecule has 0 unspecified atom stereocenters. The molecule has 0 spiro atoms. The van der Waals surface area contributed by atoms with Crippen molar-refractivity contribution in [3.05, 3.63) is 84.1 Å². The van der Waals surface area contributed by atoms with E-state index < -0.39 is 0 Å². The van der Waals surface area contributed by atoms with Crippen LogP contribution in [0, 0.1) is 0 Å². The number of fused-ring (bicyclic) bond motifs is 1. The number of aromatic amines is 1. The maximum absolute atomic E-state index is 12.8. The summed E-state index contributed by atoms with van der Waals surface area (Å²) >= 11 is 0. The monoisotopic (exact) mass is 459 g/mol. The first kappa shape index (κ1) is 23.0. The molecule has 0 saturated heterocycles. The van der Waals surface area contributed by atoms with E-state index in [4.69, 9.17) is 14.2 Å². The van der Waals surface area contributed by atoms with Gasteiger partial charge >= 0.3 is 6.03 Å². The maximum atomic E-state index is 12.8. The number of carbonyl (C=O) groups is 1. The summed E-state index contributed by atoms with van der Waals surface area (Å²) < 4.78 is 16.5. The van der Waals surface area contributed by atoms with Gasteiger partial charge in [0.1, 0.15) is 5.75 Å². The average molecular weight is 460 g/mol. The van der Waals surface area contributed by atoms with Gasteiger partial charge in [-0.2, -0.15) is 0 Å². The number of aromatic nitrogens is 1. The van der Waals surface area contributed by atoms with E-state index in [1.54, 1.807) is 14.2 Å². The van der Waals surface area contributed by atoms with Gasteiger partial charge in [0.2, 0.25) is 0 Å². The van der Waals surface area contributed by atoms with Gasteiger partial charge in [-0.15, -0.1) is 0 Å². The lowest BCUT2D eigenvalue weighted by Crippen LogP contribution is -2.32. The van der Waals surface area contributed by atoms with Gasteiger partial charge in [-0.05, 0) is 48.4 Å². The third-order valence-corrected chi connectivity index (χ3v) is 5.71. The smallest absolute Gasteiger partial charge is 0.319 e. The summed E-state index contributed by atoms with van der Waals surface area (Å²) in [6.07, 6.45) is 2.00. The highest BCUT2D eigenvalue weighted by atomic mass is 16.5. The van der Waals surface area contributed by atoms with E-state index in [1.165, 1.54) is 0 Å². The molecule has 1 atom stereocenters. The summed E-state index contributed by atoms with van der Waals surface area (Å²) in [6.45, 7) is 2.80. The second kappa shape index (κ2) is 10.7. The lowest BCUT2D eigenvalue weighted by atomic mass is 9.90. The number of ether oxygens (including phenoxy) is 3. The van der Waals surface area contributed by atoms with Crippen LogP contribution in [0.15, 0.2) is 72.9 Å². The third kappa shape index (κ3) is 4.93. The average Bonchev–Trinajstić information content (AvgIpc) is 3.29. The zero-order valence-corrected chi connectivity index (χ0v) is 19.6. The molecular formula is C27H29N3O4. The van der Waals surface area contributed by atoms with Crippen molar-refractivity contribution in [1.29, 1.82) is 0 Å². The molecule has 7 nitrogen and oxygen atoms in total. The second-order valence-corrected chi connectivity index (χ2v) is 7.72. The second-order valence-electron chi connectivity index (χ2n) is 7.72. The number of rotatable bonds is 9. The number of methoxy groups -OCH3 is 2. The number of H-pyrrole nitrogens is 1.